The zero-order valence-electron chi connectivity index (χ0n) is 13.1. The molecule has 1 aliphatic rings. The third-order valence-electron chi connectivity index (χ3n) is 4.05. The van der Waals surface area contributed by atoms with Gasteiger partial charge in [0, 0.05) is 22.6 Å². The maximum absolute atomic E-state index is 12.5. The van der Waals surface area contributed by atoms with Gasteiger partial charge in [0.2, 0.25) is 0 Å². The number of rotatable bonds is 2. The highest BCUT2D eigenvalue weighted by Gasteiger charge is 2.28. The molecular weight excluding hydrogens is 359 g/mol. The molecule has 2 amide bonds. The molecule has 1 saturated heterocycles. The van der Waals surface area contributed by atoms with Crippen LogP contribution in [0, 0.1) is 0 Å². The summed E-state index contributed by atoms with van der Waals surface area (Å²) < 4.78 is 23.4. The van der Waals surface area contributed by atoms with Crippen molar-refractivity contribution < 1.29 is 13.2 Å². The Bertz CT molecular complexity index is 694. The number of benzene rings is 1. The summed E-state index contributed by atoms with van der Waals surface area (Å²) in [5.74, 6) is 0.122. The van der Waals surface area contributed by atoms with Gasteiger partial charge in [-0.2, -0.15) is 0 Å². The Morgan fingerprint density at radius 3 is 2.70 bits per heavy atom. The summed E-state index contributed by atoms with van der Waals surface area (Å²) in [4.78, 5) is 14.1. The number of sulfone groups is 1. The topological polar surface area (TPSA) is 66.5 Å². The highest BCUT2D eigenvalue weighted by atomic mass is 35.5. The lowest BCUT2D eigenvalue weighted by molar-refractivity contribution is 0.180. The first-order valence-corrected chi connectivity index (χ1v) is 10.00. The number of nitrogens with one attached hydrogen (secondary N) is 1. The molecule has 0 radical (unpaired) electrons. The zero-order chi connectivity index (χ0) is 17.2. The summed E-state index contributed by atoms with van der Waals surface area (Å²) in [6, 6.07) is 4.40. The van der Waals surface area contributed by atoms with Crippen molar-refractivity contribution in [2.75, 3.05) is 18.1 Å². The van der Waals surface area contributed by atoms with Crippen molar-refractivity contribution in [2.24, 2.45) is 0 Å². The normalized spacial score (nSPS) is 22.3. The molecule has 0 bridgehead atoms. The molecule has 8 heteroatoms. The number of carbonyl (C=O) groups is 1. The van der Waals surface area contributed by atoms with Gasteiger partial charge >= 0.3 is 6.03 Å². The Balaban J connectivity index is 2.08. The number of nitrogens with zero attached hydrogens (tertiary/aromatic N) is 1. The van der Waals surface area contributed by atoms with Crippen LogP contribution in [-0.2, 0) is 9.84 Å². The van der Waals surface area contributed by atoms with Gasteiger partial charge in [-0.3, -0.25) is 0 Å². The van der Waals surface area contributed by atoms with E-state index in [0.717, 1.165) is 5.56 Å². The van der Waals surface area contributed by atoms with Crippen molar-refractivity contribution in [3.8, 4) is 0 Å². The Labute approximate surface area is 146 Å². The summed E-state index contributed by atoms with van der Waals surface area (Å²) >= 11 is 12.0. The highest BCUT2D eigenvalue weighted by Crippen LogP contribution is 2.26. The van der Waals surface area contributed by atoms with Gasteiger partial charge in [0.25, 0.3) is 0 Å². The number of hydrogen-bond acceptors (Lipinski definition) is 3. The quantitative estimate of drug-likeness (QED) is 0.858. The molecule has 0 spiro atoms. The van der Waals surface area contributed by atoms with Crippen molar-refractivity contribution in [1.29, 1.82) is 0 Å². The second-order valence-electron chi connectivity index (χ2n) is 5.82. The first-order valence-electron chi connectivity index (χ1n) is 7.42. The summed E-state index contributed by atoms with van der Waals surface area (Å²) in [5, 5.41) is 3.89. The first-order chi connectivity index (χ1) is 10.7. The lowest BCUT2D eigenvalue weighted by Crippen LogP contribution is -2.46. The molecule has 5 nitrogen and oxygen atoms in total. The van der Waals surface area contributed by atoms with Crippen LogP contribution in [0.2, 0.25) is 10.0 Å². The van der Waals surface area contributed by atoms with Gasteiger partial charge in [0.1, 0.15) is 0 Å². The van der Waals surface area contributed by atoms with E-state index in [1.807, 2.05) is 13.8 Å². The molecule has 1 unspecified atom stereocenters. The lowest BCUT2D eigenvalue weighted by atomic mass is 10.1. The second-order valence-corrected chi connectivity index (χ2v) is 8.97. The number of carbonyl (C=O) groups excluding carboxylic acids is 1. The van der Waals surface area contributed by atoms with E-state index in [2.05, 4.69) is 5.32 Å². The average molecular weight is 379 g/mol. The number of amides is 2. The van der Waals surface area contributed by atoms with E-state index in [0.29, 0.717) is 16.5 Å². The van der Waals surface area contributed by atoms with Crippen LogP contribution in [0.5, 0.6) is 0 Å². The summed E-state index contributed by atoms with van der Waals surface area (Å²) in [6.45, 7) is 3.89. The molecule has 0 saturated carbocycles. The van der Waals surface area contributed by atoms with Crippen LogP contribution in [0.3, 0.4) is 0 Å². The summed E-state index contributed by atoms with van der Waals surface area (Å²) in [5.41, 5.74) is 0.763. The molecule has 1 fully saturated rings. The predicted molar refractivity (Wildman–Crippen MR) is 92.8 cm³/mol. The van der Waals surface area contributed by atoms with Gasteiger partial charge in [-0.25, -0.2) is 13.2 Å². The van der Waals surface area contributed by atoms with Crippen molar-refractivity contribution in [1.82, 2.24) is 10.2 Å². The largest absolute Gasteiger partial charge is 0.331 e. The Hall–Kier alpha value is -0.980. The molecule has 0 aromatic heterocycles. The van der Waals surface area contributed by atoms with Gasteiger partial charge in [-0.05, 0) is 38.0 Å². The third kappa shape index (κ3) is 4.75. The number of hydrogen-bond donors (Lipinski definition) is 1. The molecule has 1 heterocycles. The van der Waals surface area contributed by atoms with E-state index in [-0.39, 0.29) is 36.2 Å². The molecule has 1 N–H and O–H groups in total. The molecule has 1 aromatic carbocycles. The summed E-state index contributed by atoms with van der Waals surface area (Å²) in [6.07, 6.45) is 0.450. The molecule has 23 heavy (non-hydrogen) atoms. The van der Waals surface area contributed by atoms with Gasteiger partial charge in [0.05, 0.1) is 17.5 Å². The first kappa shape index (κ1) is 18.4. The fourth-order valence-electron chi connectivity index (χ4n) is 2.57. The van der Waals surface area contributed by atoms with Gasteiger partial charge < -0.3 is 10.2 Å². The molecule has 1 aromatic rings. The van der Waals surface area contributed by atoms with Crippen molar-refractivity contribution in [2.45, 2.75) is 32.4 Å². The summed E-state index contributed by atoms with van der Waals surface area (Å²) in [7, 11) is -3.07. The standard InChI is InChI=1S/C15H20Cl2N2O3S/c1-10-5-7-23(21,22)8-6-19(10)15(20)18-11(2)13-4-3-12(16)9-14(13)17/h3-4,9-11H,5-8H2,1-2H3,(H,18,20)/t10?,11-/m1/s1. The minimum Gasteiger partial charge on any atom is -0.331 e. The van der Waals surface area contributed by atoms with E-state index in [4.69, 9.17) is 23.2 Å². The van der Waals surface area contributed by atoms with E-state index >= 15 is 0 Å². The third-order valence-corrected chi connectivity index (χ3v) is 6.28. The van der Waals surface area contributed by atoms with E-state index < -0.39 is 9.84 Å². The number of halogens is 2. The minimum atomic E-state index is -3.07. The minimum absolute atomic E-state index is 0.000835. The van der Waals surface area contributed by atoms with Crippen LogP contribution in [-0.4, -0.2) is 43.4 Å². The number of urea groups is 1. The smallest absolute Gasteiger partial charge is 0.318 e. The Kier molecular flexibility index (Phi) is 5.81. The molecule has 2 atom stereocenters. The van der Waals surface area contributed by atoms with Crippen LogP contribution in [0.1, 0.15) is 31.9 Å². The van der Waals surface area contributed by atoms with Crippen molar-refractivity contribution in [3.05, 3.63) is 33.8 Å². The van der Waals surface area contributed by atoms with Gasteiger partial charge in [-0.15, -0.1) is 0 Å². The predicted octanol–water partition coefficient (Wildman–Crippen LogP) is 3.27. The van der Waals surface area contributed by atoms with E-state index in [1.54, 1.807) is 23.1 Å². The van der Waals surface area contributed by atoms with Crippen molar-refractivity contribution >= 4 is 39.1 Å². The maximum Gasteiger partial charge on any atom is 0.318 e. The zero-order valence-corrected chi connectivity index (χ0v) is 15.4. The van der Waals surface area contributed by atoms with Crippen LogP contribution >= 0.6 is 23.2 Å². The van der Waals surface area contributed by atoms with Crippen LogP contribution in [0.15, 0.2) is 18.2 Å². The van der Waals surface area contributed by atoms with Crippen molar-refractivity contribution in [3.63, 3.8) is 0 Å². The molecule has 128 valence electrons. The monoisotopic (exact) mass is 378 g/mol. The van der Waals surface area contributed by atoms with Gasteiger partial charge in [0.15, 0.2) is 9.84 Å². The molecule has 0 aliphatic carbocycles. The van der Waals surface area contributed by atoms with Crippen LogP contribution in [0.25, 0.3) is 0 Å². The maximum atomic E-state index is 12.5. The average Bonchev–Trinajstić information content (AvgIpc) is 2.57. The fourth-order valence-corrected chi connectivity index (χ4v) is 4.52. The van der Waals surface area contributed by atoms with E-state index in [1.165, 1.54) is 0 Å². The molecule has 2 rings (SSSR count). The fraction of sp³-hybridized carbons (Fsp3) is 0.533. The molecular formula is C15H20Cl2N2O3S. The van der Waals surface area contributed by atoms with Crippen LogP contribution < -0.4 is 5.32 Å². The van der Waals surface area contributed by atoms with Gasteiger partial charge in [-0.1, -0.05) is 29.3 Å². The second kappa shape index (κ2) is 7.28. The highest BCUT2D eigenvalue weighted by molar-refractivity contribution is 7.91. The SMILES string of the molecule is CC1CCS(=O)(=O)CCN1C(=O)N[C@H](C)c1ccc(Cl)cc1Cl. The lowest BCUT2D eigenvalue weighted by Gasteiger charge is -2.28. The Morgan fingerprint density at radius 1 is 1.35 bits per heavy atom. The van der Waals surface area contributed by atoms with Crippen LogP contribution in [0.4, 0.5) is 4.79 Å². The molecule has 1 aliphatic heterocycles. The Morgan fingerprint density at radius 2 is 2.04 bits per heavy atom. The van der Waals surface area contributed by atoms with E-state index in [9.17, 15) is 13.2 Å².